The van der Waals surface area contributed by atoms with Crippen molar-refractivity contribution in [2.24, 2.45) is 0 Å². The maximum atomic E-state index is 7.84. The molecule has 0 aliphatic rings. The largest absolute Gasteiger partial charge is 0.309 e. The molecule has 0 saturated carbocycles. The Morgan fingerprint density at radius 1 is 0.250 bits per heavy atom. The van der Waals surface area contributed by atoms with Crippen LogP contribution in [-0.4, -0.2) is 24.1 Å². The summed E-state index contributed by atoms with van der Waals surface area (Å²) < 4.78 is 4.88. The van der Waals surface area contributed by atoms with Gasteiger partial charge in [0.05, 0.1) is 40.0 Å². The van der Waals surface area contributed by atoms with Crippen molar-refractivity contribution in [3.63, 3.8) is 0 Å². The molecule has 16 aromatic rings. The van der Waals surface area contributed by atoms with Crippen LogP contribution >= 0.6 is 0 Å². The second kappa shape index (κ2) is 22.8. The van der Waals surface area contributed by atoms with Crippen LogP contribution < -0.4 is 0 Å². The Kier molecular flexibility index (Phi) is 13.7. The summed E-state index contributed by atoms with van der Waals surface area (Å²) in [4.78, 5) is 20.1. The summed E-state index contributed by atoms with van der Waals surface area (Å²) in [5.74, 6) is 1.68. The lowest BCUT2D eigenvalue weighted by Crippen LogP contribution is -2.04. The van der Waals surface area contributed by atoms with Crippen LogP contribution in [0.1, 0.15) is 22.3 Å². The molecular weight excluding hydrogens is 1120 g/mol. The summed E-state index contributed by atoms with van der Waals surface area (Å²) in [6.45, 7) is 16.6. The molecule has 434 valence electrons. The summed E-state index contributed by atoms with van der Waals surface area (Å²) in [7, 11) is 0. The normalized spacial score (nSPS) is 11.5. The summed E-state index contributed by atoms with van der Waals surface area (Å²) in [6.07, 6.45) is 0. The van der Waals surface area contributed by atoms with Crippen molar-refractivity contribution in [1.29, 1.82) is 0 Å². The van der Waals surface area contributed by atoms with Crippen LogP contribution in [0.4, 0.5) is 5.69 Å². The van der Waals surface area contributed by atoms with Crippen molar-refractivity contribution in [1.82, 2.24) is 24.1 Å². The van der Waals surface area contributed by atoms with Crippen LogP contribution in [0.2, 0.25) is 0 Å². The van der Waals surface area contributed by atoms with E-state index in [-0.39, 0.29) is 0 Å². The highest BCUT2D eigenvalue weighted by atomic mass is 15.1. The molecule has 0 amide bonds. The molecule has 0 saturated heterocycles. The molecule has 0 aliphatic carbocycles. The van der Waals surface area contributed by atoms with Gasteiger partial charge in [-0.15, -0.1) is 0 Å². The zero-order valence-corrected chi connectivity index (χ0v) is 51.4. The third-order valence-electron chi connectivity index (χ3n) is 18.4. The smallest absolute Gasteiger partial charge is 0.187 e. The molecule has 0 unspecified atom stereocenters. The summed E-state index contributed by atoms with van der Waals surface area (Å²) in [5.41, 5.74) is 27.7. The van der Waals surface area contributed by atoms with Gasteiger partial charge in [-0.2, -0.15) is 0 Å². The minimum absolute atomic E-state index is 0.536. The summed E-state index contributed by atoms with van der Waals surface area (Å²) in [5, 5.41) is 4.59. The Bertz CT molecular complexity index is 5370. The van der Waals surface area contributed by atoms with E-state index >= 15 is 0 Å². The van der Waals surface area contributed by atoms with Gasteiger partial charge < -0.3 is 9.13 Å². The standard InChI is InChI=1S/C86H60N6/c1-54-20-12-16-28-68(54)62-35-43-79-73(49-62)74-50-63(69-29-17-13-21-55(69)2)36-44-80(74)91(79)78-42-34-61(58-32-40-67(87-5)41-33-58)48-72(78)66-39-47-83(77(53-66)86-89-84(59-24-8-6-9-25-59)88-85(90-86)60-26-10-7-11-27-60)92-81-45-37-64(70-30-18-14-22-56(70)3)51-75(81)76-52-65(38-46-82(76)92)71-31-19-15-23-57(71)4/h6-53H,1-4H3. The zero-order valence-electron chi connectivity index (χ0n) is 51.4. The molecule has 6 heteroatoms. The van der Waals surface area contributed by atoms with Crippen molar-refractivity contribution in [3.8, 4) is 112 Å². The van der Waals surface area contributed by atoms with Crippen LogP contribution in [0.5, 0.6) is 0 Å². The van der Waals surface area contributed by atoms with E-state index in [1.54, 1.807) is 0 Å². The average molecular weight is 1180 g/mol. The minimum Gasteiger partial charge on any atom is -0.309 e. The fourth-order valence-electron chi connectivity index (χ4n) is 13.7. The Labute approximate surface area is 535 Å². The van der Waals surface area contributed by atoms with Crippen LogP contribution in [-0.2, 0) is 0 Å². The van der Waals surface area contributed by atoms with Crippen molar-refractivity contribution >= 4 is 49.3 Å². The van der Waals surface area contributed by atoms with Crippen molar-refractivity contribution in [2.75, 3.05) is 0 Å². The van der Waals surface area contributed by atoms with E-state index in [4.69, 9.17) is 21.5 Å². The van der Waals surface area contributed by atoms with Gasteiger partial charge in [-0.25, -0.2) is 19.8 Å². The molecule has 13 aromatic carbocycles. The predicted molar refractivity (Wildman–Crippen MR) is 383 cm³/mol. The maximum absolute atomic E-state index is 7.84. The first-order valence-corrected chi connectivity index (χ1v) is 31.3. The number of benzene rings is 13. The van der Waals surface area contributed by atoms with Gasteiger partial charge in [0.25, 0.3) is 0 Å². The van der Waals surface area contributed by atoms with Crippen molar-refractivity contribution in [2.45, 2.75) is 27.7 Å². The van der Waals surface area contributed by atoms with E-state index in [0.717, 1.165) is 105 Å². The van der Waals surface area contributed by atoms with E-state index in [1.807, 2.05) is 48.5 Å². The lowest BCUT2D eigenvalue weighted by molar-refractivity contribution is 1.06. The number of aryl methyl sites for hydroxylation is 4. The molecule has 0 fully saturated rings. The predicted octanol–water partition coefficient (Wildman–Crippen LogP) is 22.9. The molecular formula is C86H60N6. The van der Waals surface area contributed by atoms with E-state index in [2.05, 4.69) is 284 Å². The fourth-order valence-corrected chi connectivity index (χ4v) is 13.7. The molecule has 0 aliphatic heterocycles. The Morgan fingerprint density at radius 2 is 0.554 bits per heavy atom. The summed E-state index contributed by atoms with van der Waals surface area (Å²) >= 11 is 0. The number of aromatic nitrogens is 5. The van der Waals surface area contributed by atoms with E-state index in [9.17, 15) is 0 Å². The highest BCUT2D eigenvalue weighted by Gasteiger charge is 2.25. The van der Waals surface area contributed by atoms with Crippen molar-refractivity contribution < 1.29 is 0 Å². The summed E-state index contributed by atoms with van der Waals surface area (Å²) in [6, 6.07) is 104. The van der Waals surface area contributed by atoms with Gasteiger partial charge in [-0.1, -0.05) is 218 Å². The number of nitrogens with zero attached hydrogens (tertiary/aromatic N) is 6. The first-order chi connectivity index (χ1) is 45.2. The average Bonchev–Trinajstić information content (AvgIpc) is 1.56. The molecule has 0 N–H and O–H groups in total. The highest BCUT2D eigenvalue weighted by molar-refractivity contribution is 6.14. The SMILES string of the molecule is [C-]#[N+]c1ccc(-c2ccc(-n3c4ccc(-c5ccccc5C)cc4c4cc(-c5ccccc5C)ccc43)c(-c3ccc(-n4c5ccc(-c6ccccc6C)cc5c5cc(-c6ccccc6C)ccc54)c(-c4nc(-c5ccccc5)nc(-c5ccccc5)n4)c3)c2)cc1. The first-order valence-electron chi connectivity index (χ1n) is 31.3. The number of rotatable bonds is 11. The highest BCUT2D eigenvalue weighted by Crippen LogP contribution is 2.46. The minimum atomic E-state index is 0.536. The van der Waals surface area contributed by atoms with Crippen LogP contribution in [0.3, 0.4) is 0 Å². The van der Waals surface area contributed by atoms with Gasteiger partial charge in [0.15, 0.2) is 23.2 Å². The topological polar surface area (TPSA) is 52.9 Å². The second-order valence-corrected chi connectivity index (χ2v) is 24.0. The monoisotopic (exact) mass is 1180 g/mol. The number of fused-ring (bicyclic) bond motifs is 6. The quantitative estimate of drug-likeness (QED) is 0.121. The molecule has 3 aromatic heterocycles. The Hall–Kier alpha value is -12.0. The van der Waals surface area contributed by atoms with Gasteiger partial charge in [0.2, 0.25) is 0 Å². The molecule has 92 heavy (non-hydrogen) atoms. The van der Waals surface area contributed by atoms with E-state index in [1.165, 1.54) is 55.6 Å². The molecule has 6 nitrogen and oxygen atoms in total. The lowest BCUT2D eigenvalue weighted by atomic mass is 9.95. The second-order valence-electron chi connectivity index (χ2n) is 24.0. The lowest BCUT2D eigenvalue weighted by Gasteiger charge is -2.19. The van der Waals surface area contributed by atoms with Gasteiger partial charge >= 0.3 is 0 Å². The fraction of sp³-hybridized carbons (Fsp3) is 0.0465. The van der Waals surface area contributed by atoms with Gasteiger partial charge in [0.1, 0.15) is 0 Å². The molecule has 0 spiro atoms. The molecule has 16 rings (SSSR count). The number of hydrogen-bond acceptors (Lipinski definition) is 3. The molecule has 0 bridgehead atoms. The van der Waals surface area contributed by atoms with Crippen LogP contribution in [0.15, 0.2) is 291 Å². The first kappa shape index (κ1) is 55.3. The van der Waals surface area contributed by atoms with Crippen molar-refractivity contribution in [3.05, 3.63) is 325 Å². The number of hydrogen-bond donors (Lipinski definition) is 0. The third-order valence-corrected chi connectivity index (χ3v) is 18.4. The van der Waals surface area contributed by atoms with Gasteiger partial charge in [0, 0.05) is 43.8 Å². The van der Waals surface area contributed by atoms with E-state index < -0.39 is 0 Å². The molecule has 3 heterocycles. The third kappa shape index (κ3) is 9.72. The zero-order chi connectivity index (χ0) is 62.0. The molecule has 0 atom stereocenters. The van der Waals surface area contributed by atoms with Gasteiger partial charge in [-0.05, 0) is 184 Å². The Balaban J connectivity index is 1.00. The van der Waals surface area contributed by atoms with Gasteiger partial charge in [-0.3, -0.25) is 0 Å². The maximum Gasteiger partial charge on any atom is 0.187 e. The molecule has 0 radical (unpaired) electrons. The van der Waals surface area contributed by atoms with E-state index in [0.29, 0.717) is 23.2 Å². The van der Waals surface area contributed by atoms with Crippen LogP contribution in [0.25, 0.3) is 161 Å². The Morgan fingerprint density at radius 3 is 0.935 bits per heavy atom. The van der Waals surface area contributed by atoms with Crippen LogP contribution in [0, 0.1) is 34.3 Å².